The number of thioether (sulfide) groups is 1. The Morgan fingerprint density at radius 2 is 2.00 bits per heavy atom. The van der Waals surface area contributed by atoms with Crippen molar-refractivity contribution in [1.82, 2.24) is 10.6 Å². The van der Waals surface area contributed by atoms with Crippen molar-refractivity contribution in [3.63, 3.8) is 0 Å². The number of carboxylic acids is 1. The van der Waals surface area contributed by atoms with Gasteiger partial charge in [-0.05, 0) is 24.0 Å². The van der Waals surface area contributed by atoms with Crippen LogP contribution in [-0.4, -0.2) is 40.6 Å². The number of amides is 3. The van der Waals surface area contributed by atoms with Crippen molar-refractivity contribution in [3.8, 4) is 0 Å². The molecule has 1 aliphatic heterocycles. The predicted molar refractivity (Wildman–Crippen MR) is 77.7 cm³/mol. The molecule has 1 saturated heterocycles. The highest BCUT2D eigenvalue weighted by molar-refractivity contribution is 8.00. The molecular weight excluding hydrogens is 280 g/mol. The van der Waals surface area contributed by atoms with Gasteiger partial charge in [0.1, 0.15) is 0 Å². The normalized spacial score (nSPS) is 18.6. The van der Waals surface area contributed by atoms with Crippen molar-refractivity contribution in [2.75, 3.05) is 12.3 Å². The fraction of sp³-hybridized carbons (Fsp3) is 0.769. The van der Waals surface area contributed by atoms with Gasteiger partial charge in [-0.25, -0.2) is 4.79 Å². The van der Waals surface area contributed by atoms with E-state index in [1.807, 2.05) is 11.8 Å². The zero-order valence-electron chi connectivity index (χ0n) is 11.9. The third-order valence-corrected chi connectivity index (χ3v) is 4.43. The van der Waals surface area contributed by atoms with E-state index in [1.165, 1.54) is 6.42 Å². The summed E-state index contributed by atoms with van der Waals surface area (Å²) in [5, 5.41) is 14.1. The van der Waals surface area contributed by atoms with Crippen molar-refractivity contribution in [1.29, 1.82) is 0 Å². The number of carbonyl (C=O) groups is 3. The maximum atomic E-state index is 11.7. The quantitative estimate of drug-likeness (QED) is 0.692. The molecule has 20 heavy (non-hydrogen) atoms. The van der Waals surface area contributed by atoms with Gasteiger partial charge in [-0.3, -0.25) is 14.9 Å². The molecule has 1 unspecified atom stereocenters. The van der Waals surface area contributed by atoms with Gasteiger partial charge in [0.25, 0.3) is 0 Å². The average Bonchev–Trinajstić information content (AvgIpc) is 2.75. The van der Waals surface area contributed by atoms with E-state index >= 15 is 0 Å². The standard InChI is InChI=1S/C13H22N2O4S/c1-13(2,7-11(17)18)6-10(16)15-12(19)14-8-9-4-3-5-20-9/h9H,3-8H2,1-2H3,(H,17,18)(H2,14,15,16,19). The topological polar surface area (TPSA) is 95.5 Å². The third-order valence-electron chi connectivity index (χ3n) is 3.04. The lowest BCUT2D eigenvalue weighted by atomic mass is 9.85. The van der Waals surface area contributed by atoms with Gasteiger partial charge in [0.15, 0.2) is 0 Å². The number of urea groups is 1. The van der Waals surface area contributed by atoms with Crippen LogP contribution in [0.3, 0.4) is 0 Å². The van der Waals surface area contributed by atoms with Gasteiger partial charge >= 0.3 is 12.0 Å². The molecular formula is C13H22N2O4S. The van der Waals surface area contributed by atoms with E-state index in [-0.39, 0.29) is 12.8 Å². The predicted octanol–water partition coefficient (Wildman–Crippen LogP) is 1.60. The number of carboxylic acid groups (broad SMARTS) is 1. The van der Waals surface area contributed by atoms with Crippen LogP contribution in [0.4, 0.5) is 4.79 Å². The minimum absolute atomic E-state index is 0.00486. The first-order valence-corrected chi connectivity index (χ1v) is 7.74. The minimum atomic E-state index is -0.953. The van der Waals surface area contributed by atoms with E-state index in [0.29, 0.717) is 11.8 Å². The summed E-state index contributed by atoms with van der Waals surface area (Å²) >= 11 is 1.83. The van der Waals surface area contributed by atoms with Gasteiger partial charge in [0.2, 0.25) is 5.91 Å². The summed E-state index contributed by atoms with van der Waals surface area (Å²) in [5.41, 5.74) is -0.669. The van der Waals surface area contributed by atoms with Crippen LogP contribution in [0.25, 0.3) is 0 Å². The molecule has 3 amide bonds. The zero-order chi connectivity index (χ0) is 15.2. The first kappa shape index (κ1) is 16.8. The molecule has 0 aliphatic carbocycles. The van der Waals surface area contributed by atoms with Crippen LogP contribution in [0, 0.1) is 5.41 Å². The lowest BCUT2D eigenvalue weighted by Gasteiger charge is -2.21. The first-order chi connectivity index (χ1) is 9.28. The Morgan fingerprint density at radius 3 is 2.55 bits per heavy atom. The van der Waals surface area contributed by atoms with Crippen molar-refractivity contribution in [3.05, 3.63) is 0 Å². The van der Waals surface area contributed by atoms with Crippen LogP contribution in [-0.2, 0) is 9.59 Å². The van der Waals surface area contributed by atoms with Crippen LogP contribution in [0.5, 0.6) is 0 Å². The molecule has 6 nitrogen and oxygen atoms in total. The average molecular weight is 302 g/mol. The lowest BCUT2D eigenvalue weighted by molar-refractivity contribution is -0.139. The molecule has 0 bridgehead atoms. The Bertz CT molecular complexity index is 379. The van der Waals surface area contributed by atoms with Gasteiger partial charge in [-0.1, -0.05) is 13.8 Å². The number of aliphatic carboxylic acids is 1. The number of hydrogen-bond donors (Lipinski definition) is 3. The van der Waals surface area contributed by atoms with Crippen LogP contribution < -0.4 is 10.6 Å². The van der Waals surface area contributed by atoms with E-state index in [0.717, 1.165) is 12.2 Å². The summed E-state index contributed by atoms with van der Waals surface area (Å²) in [6, 6.07) is -0.506. The second kappa shape index (κ2) is 7.52. The molecule has 0 aromatic carbocycles. The monoisotopic (exact) mass is 302 g/mol. The molecule has 0 aromatic heterocycles. The summed E-state index contributed by atoms with van der Waals surface area (Å²) in [5.74, 6) is -0.283. The van der Waals surface area contributed by atoms with Crippen molar-refractivity contribution >= 4 is 29.7 Å². The van der Waals surface area contributed by atoms with Gasteiger partial charge in [-0.15, -0.1) is 0 Å². The molecule has 1 heterocycles. The summed E-state index contributed by atoms with van der Waals surface area (Å²) in [6.07, 6.45) is 2.15. The Kier molecular flexibility index (Phi) is 6.32. The van der Waals surface area contributed by atoms with E-state index < -0.39 is 23.3 Å². The molecule has 1 atom stereocenters. The third kappa shape index (κ3) is 6.79. The number of carbonyl (C=O) groups excluding carboxylic acids is 2. The van der Waals surface area contributed by atoms with Gasteiger partial charge < -0.3 is 10.4 Å². The fourth-order valence-electron chi connectivity index (χ4n) is 2.13. The zero-order valence-corrected chi connectivity index (χ0v) is 12.7. The molecule has 1 rings (SSSR count). The molecule has 7 heteroatoms. The maximum absolute atomic E-state index is 11.7. The van der Waals surface area contributed by atoms with E-state index in [4.69, 9.17) is 5.11 Å². The fourth-order valence-corrected chi connectivity index (χ4v) is 3.33. The summed E-state index contributed by atoms with van der Waals surface area (Å²) in [6.45, 7) is 3.93. The molecule has 0 aromatic rings. The molecule has 114 valence electrons. The number of nitrogens with one attached hydrogen (secondary N) is 2. The van der Waals surface area contributed by atoms with Crippen LogP contribution >= 0.6 is 11.8 Å². The number of hydrogen-bond acceptors (Lipinski definition) is 4. The van der Waals surface area contributed by atoms with Crippen molar-refractivity contribution in [2.24, 2.45) is 5.41 Å². The second-order valence-corrected chi connectivity index (χ2v) is 7.21. The van der Waals surface area contributed by atoms with Gasteiger partial charge in [-0.2, -0.15) is 11.8 Å². The van der Waals surface area contributed by atoms with Crippen LogP contribution in [0.1, 0.15) is 39.5 Å². The number of imide groups is 1. The minimum Gasteiger partial charge on any atom is -0.481 e. The Hall–Kier alpha value is -1.24. The molecule has 0 radical (unpaired) electrons. The highest BCUT2D eigenvalue weighted by Crippen LogP contribution is 2.25. The smallest absolute Gasteiger partial charge is 0.321 e. The second-order valence-electron chi connectivity index (χ2n) is 5.80. The molecule has 3 N–H and O–H groups in total. The summed E-state index contributed by atoms with van der Waals surface area (Å²) in [4.78, 5) is 33.9. The highest BCUT2D eigenvalue weighted by Gasteiger charge is 2.26. The van der Waals surface area contributed by atoms with Gasteiger partial charge in [0, 0.05) is 18.2 Å². The van der Waals surface area contributed by atoms with Crippen LogP contribution in [0.15, 0.2) is 0 Å². The summed E-state index contributed by atoms with van der Waals surface area (Å²) in [7, 11) is 0. The van der Waals surface area contributed by atoms with Crippen molar-refractivity contribution in [2.45, 2.75) is 44.8 Å². The van der Waals surface area contributed by atoms with E-state index in [2.05, 4.69) is 10.6 Å². The van der Waals surface area contributed by atoms with Crippen LogP contribution in [0.2, 0.25) is 0 Å². The van der Waals surface area contributed by atoms with E-state index in [9.17, 15) is 14.4 Å². The highest BCUT2D eigenvalue weighted by atomic mass is 32.2. The molecule has 0 spiro atoms. The number of rotatable bonds is 6. The Labute approximate surface area is 123 Å². The molecule has 1 aliphatic rings. The Balaban J connectivity index is 2.26. The maximum Gasteiger partial charge on any atom is 0.321 e. The summed E-state index contributed by atoms with van der Waals surface area (Å²) < 4.78 is 0. The molecule has 1 fully saturated rings. The van der Waals surface area contributed by atoms with Crippen molar-refractivity contribution < 1.29 is 19.5 Å². The van der Waals surface area contributed by atoms with Gasteiger partial charge in [0.05, 0.1) is 6.42 Å². The Morgan fingerprint density at radius 1 is 1.30 bits per heavy atom. The SMILES string of the molecule is CC(C)(CC(=O)O)CC(=O)NC(=O)NCC1CCCS1. The van der Waals surface area contributed by atoms with E-state index in [1.54, 1.807) is 13.8 Å². The first-order valence-electron chi connectivity index (χ1n) is 6.69. The molecule has 0 saturated carbocycles. The lowest BCUT2D eigenvalue weighted by Crippen LogP contribution is -2.43. The largest absolute Gasteiger partial charge is 0.481 e.